The Kier molecular flexibility index (Phi) is 5.05. The van der Waals surface area contributed by atoms with Gasteiger partial charge in [-0.15, -0.1) is 0 Å². The van der Waals surface area contributed by atoms with Gasteiger partial charge in [0.2, 0.25) is 0 Å². The van der Waals surface area contributed by atoms with Crippen molar-refractivity contribution >= 4 is 35.8 Å². The largest absolute Gasteiger partial charge is 0.303 e. The van der Waals surface area contributed by atoms with Crippen LogP contribution in [-0.4, -0.2) is 12.6 Å². The molecule has 2 rings (SSSR count). The lowest BCUT2D eigenvalue weighted by Gasteiger charge is -2.31. The zero-order valence-corrected chi connectivity index (χ0v) is 13.9. The number of benzene rings is 2. The molecule has 0 N–H and O–H groups in total. The van der Waals surface area contributed by atoms with Crippen LogP contribution in [0.1, 0.15) is 28.7 Å². The number of rotatable bonds is 5. The maximum absolute atomic E-state index is 12.1. The molecule has 0 aliphatic heterocycles. The van der Waals surface area contributed by atoms with Gasteiger partial charge in [0.05, 0.1) is 15.5 Å². The first-order valence-electron chi connectivity index (χ1n) is 6.88. The van der Waals surface area contributed by atoms with Crippen molar-refractivity contribution in [3.05, 3.63) is 68.7 Å². The predicted molar refractivity (Wildman–Crippen MR) is 89.9 cm³/mol. The van der Waals surface area contributed by atoms with Gasteiger partial charge in [0.15, 0.2) is 0 Å². The molecule has 0 aliphatic rings. The molecule has 2 nitrogen and oxygen atoms in total. The highest BCUT2D eigenvalue weighted by atomic mass is 35.5. The van der Waals surface area contributed by atoms with Crippen molar-refractivity contribution in [2.24, 2.45) is 0 Å². The van der Waals surface area contributed by atoms with E-state index in [2.05, 4.69) is 0 Å². The molecule has 0 saturated carbocycles. The molecule has 1 unspecified atom stereocenters. The van der Waals surface area contributed by atoms with Crippen molar-refractivity contribution in [1.29, 1.82) is 0 Å². The van der Waals surface area contributed by atoms with Crippen LogP contribution in [0.2, 0.25) is 10.0 Å². The van der Waals surface area contributed by atoms with Gasteiger partial charge in [-0.2, -0.15) is 0 Å². The first kappa shape index (κ1) is 16.7. The third-order valence-corrected chi connectivity index (χ3v) is 4.71. The summed E-state index contributed by atoms with van der Waals surface area (Å²) >= 11 is 12.1. The van der Waals surface area contributed by atoms with E-state index in [9.17, 15) is 9.59 Å². The van der Waals surface area contributed by atoms with Gasteiger partial charge in [-0.05, 0) is 48.2 Å². The molecule has 1 atom stereocenters. The number of aryl methyl sites for hydroxylation is 2. The number of hydrogen-bond donors (Lipinski definition) is 0. The van der Waals surface area contributed by atoms with Crippen molar-refractivity contribution in [1.82, 2.24) is 0 Å². The molecule has 4 heteroatoms. The second-order valence-electron chi connectivity index (χ2n) is 5.36. The Hall–Kier alpha value is -1.64. The third kappa shape index (κ3) is 2.81. The zero-order valence-electron chi connectivity index (χ0n) is 12.4. The molecule has 0 fully saturated rings. The van der Waals surface area contributed by atoms with E-state index >= 15 is 0 Å². The molecular formula is C18H16Cl2O2. The monoisotopic (exact) mass is 334 g/mol. The second kappa shape index (κ2) is 6.64. The van der Waals surface area contributed by atoms with Gasteiger partial charge in [-0.1, -0.05) is 47.5 Å². The predicted octanol–water partition coefficient (Wildman–Crippen LogP) is 4.68. The van der Waals surface area contributed by atoms with Crippen LogP contribution < -0.4 is 0 Å². The first-order valence-corrected chi connectivity index (χ1v) is 7.64. The van der Waals surface area contributed by atoms with Gasteiger partial charge in [-0.3, -0.25) is 0 Å². The van der Waals surface area contributed by atoms with Crippen LogP contribution >= 0.6 is 23.2 Å². The van der Waals surface area contributed by atoms with E-state index in [0.29, 0.717) is 15.6 Å². The summed E-state index contributed by atoms with van der Waals surface area (Å²) in [7, 11) is 0. The Morgan fingerprint density at radius 3 is 2.14 bits per heavy atom. The Labute approximate surface area is 140 Å². The van der Waals surface area contributed by atoms with Gasteiger partial charge in [0.25, 0.3) is 0 Å². The highest BCUT2D eigenvalue weighted by molar-refractivity contribution is 6.42. The topological polar surface area (TPSA) is 34.1 Å². The fourth-order valence-corrected chi connectivity index (χ4v) is 3.26. The van der Waals surface area contributed by atoms with E-state index in [0.717, 1.165) is 29.3 Å². The van der Waals surface area contributed by atoms with Crippen LogP contribution in [0.3, 0.4) is 0 Å². The van der Waals surface area contributed by atoms with Crippen LogP contribution in [0.4, 0.5) is 0 Å². The highest BCUT2D eigenvalue weighted by Crippen LogP contribution is 2.39. The summed E-state index contributed by atoms with van der Waals surface area (Å²) in [5.41, 5.74) is 2.38. The minimum absolute atomic E-state index is 0.0557. The van der Waals surface area contributed by atoms with Crippen molar-refractivity contribution in [3.8, 4) is 0 Å². The van der Waals surface area contributed by atoms with Crippen LogP contribution in [0.25, 0.3) is 0 Å². The van der Waals surface area contributed by atoms with Crippen LogP contribution in [0.15, 0.2) is 36.4 Å². The molecule has 0 spiro atoms. The number of hydrogen-bond acceptors (Lipinski definition) is 2. The average molecular weight is 335 g/mol. The summed E-state index contributed by atoms with van der Waals surface area (Å²) in [6, 6.07) is 10.9. The quantitative estimate of drug-likeness (QED) is 0.743. The standard InChI is InChI=1S/C18H16Cl2O2/c1-12-4-3-5-13(2)17(12)18(11-22,8-9-21)14-6-7-15(19)16(20)10-14/h3-7,9-11H,8H2,1-2H3. The fourth-order valence-electron chi connectivity index (χ4n) is 2.96. The molecule has 114 valence electrons. The van der Waals surface area contributed by atoms with Crippen molar-refractivity contribution in [2.45, 2.75) is 25.7 Å². The molecule has 0 aliphatic carbocycles. The van der Waals surface area contributed by atoms with Crippen molar-refractivity contribution in [2.75, 3.05) is 0 Å². The normalized spacial score (nSPS) is 13.5. The van der Waals surface area contributed by atoms with Gasteiger partial charge in [0, 0.05) is 6.42 Å². The van der Waals surface area contributed by atoms with Crippen molar-refractivity contribution < 1.29 is 9.59 Å². The van der Waals surface area contributed by atoms with Gasteiger partial charge >= 0.3 is 0 Å². The van der Waals surface area contributed by atoms with Crippen molar-refractivity contribution in [3.63, 3.8) is 0 Å². The first-order chi connectivity index (χ1) is 10.5. The number of carbonyl (C=O) groups is 2. The van der Waals surface area contributed by atoms with E-state index in [-0.39, 0.29) is 6.42 Å². The maximum atomic E-state index is 12.1. The Bertz CT molecular complexity index is 705. The van der Waals surface area contributed by atoms with Gasteiger partial charge < -0.3 is 9.59 Å². The summed E-state index contributed by atoms with van der Waals surface area (Å²) in [6.07, 6.45) is 1.65. The van der Waals surface area contributed by atoms with Crippen LogP contribution in [0.5, 0.6) is 0 Å². The summed E-state index contributed by atoms with van der Waals surface area (Å²) in [6.45, 7) is 3.87. The maximum Gasteiger partial charge on any atom is 0.135 e. The second-order valence-corrected chi connectivity index (χ2v) is 6.17. The minimum atomic E-state index is -1.05. The van der Waals surface area contributed by atoms with E-state index in [4.69, 9.17) is 23.2 Å². The fraction of sp³-hybridized carbons (Fsp3) is 0.222. The number of aldehydes is 2. The molecular weight excluding hydrogens is 319 g/mol. The molecule has 0 aromatic heterocycles. The Morgan fingerprint density at radius 1 is 1.00 bits per heavy atom. The summed E-state index contributed by atoms with van der Waals surface area (Å²) in [5, 5.41) is 0.778. The summed E-state index contributed by atoms with van der Waals surface area (Å²) in [5.74, 6) is 0. The molecule has 0 heterocycles. The lowest BCUT2D eigenvalue weighted by atomic mass is 9.70. The minimum Gasteiger partial charge on any atom is -0.303 e. The number of halogens is 2. The lowest BCUT2D eigenvalue weighted by Crippen LogP contribution is -2.32. The third-order valence-electron chi connectivity index (χ3n) is 3.97. The molecule has 0 radical (unpaired) electrons. The zero-order chi connectivity index (χ0) is 16.3. The highest BCUT2D eigenvalue weighted by Gasteiger charge is 2.36. The summed E-state index contributed by atoms with van der Waals surface area (Å²) in [4.78, 5) is 23.4. The Balaban J connectivity index is 2.80. The molecule has 2 aromatic carbocycles. The molecule has 0 amide bonds. The van der Waals surface area contributed by atoms with E-state index in [1.807, 2.05) is 32.0 Å². The smallest absolute Gasteiger partial charge is 0.135 e. The van der Waals surface area contributed by atoms with E-state index < -0.39 is 5.41 Å². The van der Waals surface area contributed by atoms with Gasteiger partial charge in [-0.25, -0.2) is 0 Å². The molecule has 0 bridgehead atoms. The van der Waals surface area contributed by atoms with Crippen LogP contribution in [0, 0.1) is 13.8 Å². The average Bonchev–Trinajstić information content (AvgIpc) is 2.49. The molecule has 0 saturated heterocycles. The van der Waals surface area contributed by atoms with Crippen LogP contribution in [-0.2, 0) is 15.0 Å². The van der Waals surface area contributed by atoms with E-state index in [1.54, 1.807) is 18.2 Å². The Morgan fingerprint density at radius 2 is 1.64 bits per heavy atom. The SMILES string of the molecule is Cc1cccc(C)c1C(C=O)(CC=O)c1ccc(Cl)c(Cl)c1. The number of carbonyl (C=O) groups excluding carboxylic acids is 2. The lowest BCUT2D eigenvalue weighted by molar-refractivity contribution is -0.115. The molecule has 22 heavy (non-hydrogen) atoms. The van der Waals surface area contributed by atoms with Gasteiger partial charge in [0.1, 0.15) is 12.6 Å². The van der Waals surface area contributed by atoms with E-state index in [1.165, 1.54) is 0 Å². The molecule has 2 aromatic rings. The summed E-state index contributed by atoms with van der Waals surface area (Å²) < 4.78 is 0.